The lowest BCUT2D eigenvalue weighted by atomic mass is 10.2. The number of nitrogens with one attached hydrogen (secondary N) is 1. The summed E-state index contributed by atoms with van der Waals surface area (Å²) in [7, 11) is 0. The van der Waals surface area contributed by atoms with Gasteiger partial charge in [0.1, 0.15) is 6.07 Å². The van der Waals surface area contributed by atoms with E-state index in [1.807, 2.05) is 19.9 Å². The van der Waals surface area contributed by atoms with Crippen LogP contribution in [0.15, 0.2) is 24.3 Å². The number of hydrogen-bond acceptors (Lipinski definition) is 4. The summed E-state index contributed by atoms with van der Waals surface area (Å²) in [6.45, 7) is 3.71. The van der Waals surface area contributed by atoms with Gasteiger partial charge in [-0.05, 0) is 26.0 Å². The fourth-order valence-electron chi connectivity index (χ4n) is 1.47. The highest BCUT2D eigenvalue weighted by Crippen LogP contribution is 2.24. The molecule has 4 nitrogen and oxygen atoms in total. The molecule has 0 atom stereocenters. The lowest BCUT2D eigenvalue weighted by Gasteiger charge is -2.10. The van der Waals surface area contributed by atoms with Crippen molar-refractivity contribution in [3.05, 3.63) is 46.4 Å². The summed E-state index contributed by atoms with van der Waals surface area (Å²) in [5, 5.41) is 12.3. The van der Waals surface area contributed by atoms with Gasteiger partial charge < -0.3 is 5.32 Å². The summed E-state index contributed by atoms with van der Waals surface area (Å²) < 4.78 is 0. The number of benzene rings is 1. The molecule has 1 aromatic carbocycles. The molecule has 0 radical (unpaired) electrons. The number of aryl methyl sites for hydroxylation is 2. The highest BCUT2D eigenvalue weighted by molar-refractivity contribution is 6.31. The molecule has 0 aliphatic rings. The molecule has 0 amide bonds. The van der Waals surface area contributed by atoms with Crippen molar-refractivity contribution in [1.82, 2.24) is 9.97 Å². The van der Waals surface area contributed by atoms with Gasteiger partial charge in [-0.2, -0.15) is 5.26 Å². The zero-order chi connectivity index (χ0) is 13.1. The number of anilines is 2. The fourth-order valence-corrected chi connectivity index (χ4v) is 1.69. The van der Waals surface area contributed by atoms with Crippen molar-refractivity contribution in [3.63, 3.8) is 0 Å². The Morgan fingerprint density at radius 2 is 1.83 bits per heavy atom. The summed E-state index contributed by atoms with van der Waals surface area (Å²) in [6.07, 6.45) is 0. The van der Waals surface area contributed by atoms with Crippen molar-refractivity contribution >= 4 is 23.1 Å². The molecule has 1 heterocycles. The minimum absolute atomic E-state index is 0.297. The van der Waals surface area contributed by atoms with E-state index in [1.165, 1.54) is 0 Å². The standard InChI is InChI=1S/C13H11ClN4/c1-8-9(2)17-13(12(14)16-8)18-11-6-4-3-5-10(11)7-15/h3-6H,1-2H3,(H,17,18). The van der Waals surface area contributed by atoms with E-state index in [0.717, 1.165) is 11.4 Å². The summed E-state index contributed by atoms with van der Waals surface area (Å²) in [6, 6.07) is 9.27. The van der Waals surface area contributed by atoms with Crippen LogP contribution in [0.2, 0.25) is 5.15 Å². The molecule has 0 unspecified atom stereocenters. The molecule has 0 aliphatic heterocycles. The molecule has 1 aromatic heterocycles. The highest BCUT2D eigenvalue weighted by Gasteiger charge is 2.09. The number of hydrogen-bond donors (Lipinski definition) is 1. The molecule has 18 heavy (non-hydrogen) atoms. The second kappa shape index (κ2) is 5.03. The zero-order valence-electron chi connectivity index (χ0n) is 10.0. The van der Waals surface area contributed by atoms with Crippen molar-refractivity contribution in [2.45, 2.75) is 13.8 Å². The number of nitrogens with zero attached hydrogens (tertiary/aromatic N) is 3. The van der Waals surface area contributed by atoms with E-state index < -0.39 is 0 Å². The largest absolute Gasteiger partial charge is 0.337 e. The van der Waals surface area contributed by atoms with Crippen LogP contribution < -0.4 is 5.32 Å². The molecule has 1 N–H and O–H groups in total. The first-order valence-corrected chi connectivity index (χ1v) is 5.76. The topological polar surface area (TPSA) is 61.6 Å². The molecular weight excluding hydrogens is 248 g/mol. The SMILES string of the molecule is Cc1nc(Cl)c(Nc2ccccc2C#N)nc1C. The maximum absolute atomic E-state index is 9.01. The third-order valence-electron chi connectivity index (χ3n) is 2.56. The fraction of sp³-hybridized carbons (Fsp3) is 0.154. The Bertz CT molecular complexity index is 631. The lowest BCUT2D eigenvalue weighted by molar-refractivity contribution is 1.05. The van der Waals surface area contributed by atoms with E-state index in [9.17, 15) is 0 Å². The first kappa shape index (κ1) is 12.3. The van der Waals surface area contributed by atoms with Gasteiger partial charge in [-0.3, -0.25) is 0 Å². The molecule has 0 fully saturated rings. The molecule has 2 rings (SSSR count). The van der Waals surface area contributed by atoms with Crippen LogP contribution in [0.5, 0.6) is 0 Å². The molecule has 90 valence electrons. The molecule has 2 aromatic rings. The van der Waals surface area contributed by atoms with E-state index in [2.05, 4.69) is 21.4 Å². The van der Waals surface area contributed by atoms with E-state index in [4.69, 9.17) is 16.9 Å². The summed E-state index contributed by atoms with van der Waals surface area (Å²) in [5.41, 5.74) is 2.79. The predicted octanol–water partition coefficient (Wildman–Crippen LogP) is 3.36. The van der Waals surface area contributed by atoms with Gasteiger partial charge in [0.15, 0.2) is 11.0 Å². The number of aromatic nitrogens is 2. The number of rotatable bonds is 2. The van der Waals surface area contributed by atoms with Gasteiger partial charge in [-0.15, -0.1) is 0 Å². The van der Waals surface area contributed by atoms with Gasteiger partial charge in [0.2, 0.25) is 0 Å². The molecule has 0 aliphatic carbocycles. The zero-order valence-corrected chi connectivity index (χ0v) is 10.8. The summed E-state index contributed by atoms with van der Waals surface area (Å²) >= 11 is 6.03. The third-order valence-corrected chi connectivity index (χ3v) is 2.83. The Labute approximate surface area is 110 Å². The average Bonchev–Trinajstić information content (AvgIpc) is 2.36. The molecular formula is C13H11ClN4. The third kappa shape index (κ3) is 2.41. The first-order chi connectivity index (χ1) is 8.61. The summed E-state index contributed by atoms with van der Waals surface area (Å²) in [4.78, 5) is 8.51. The second-order valence-corrected chi connectivity index (χ2v) is 4.17. The second-order valence-electron chi connectivity index (χ2n) is 3.82. The van der Waals surface area contributed by atoms with E-state index in [-0.39, 0.29) is 0 Å². The maximum Gasteiger partial charge on any atom is 0.172 e. The Hall–Kier alpha value is -2.12. The number of nitriles is 1. The Kier molecular flexibility index (Phi) is 3.45. The number of halogens is 1. The predicted molar refractivity (Wildman–Crippen MR) is 71.0 cm³/mol. The van der Waals surface area contributed by atoms with Gasteiger partial charge in [0, 0.05) is 0 Å². The normalized spacial score (nSPS) is 9.89. The molecule has 0 spiro atoms. The van der Waals surface area contributed by atoms with Gasteiger partial charge in [-0.25, -0.2) is 9.97 Å². The van der Waals surface area contributed by atoms with Crippen LogP contribution in [-0.2, 0) is 0 Å². The molecule has 0 bridgehead atoms. The minimum Gasteiger partial charge on any atom is -0.337 e. The highest BCUT2D eigenvalue weighted by atomic mass is 35.5. The van der Waals surface area contributed by atoms with Crippen molar-refractivity contribution in [3.8, 4) is 6.07 Å². The van der Waals surface area contributed by atoms with Crippen LogP contribution in [0, 0.1) is 25.2 Å². The van der Waals surface area contributed by atoms with E-state index >= 15 is 0 Å². The Balaban J connectivity index is 2.41. The first-order valence-electron chi connectivity index (χ1n) is 5.38. The summed E-state index contributed by atoms with van der Waals surface area (Å²) in [5.74, 6) is 0.461. The van der Waals surface area contributed by atoms with E-state index in [1.54, 1.807) is 18.2 Å². The van der Waals surface area contributed by atoms with Crippen molar-refractivity contribution < 1.29 is 0 Å². The van der Waals surface area contributed by atoms with Gasteiger partial charge in [-0.1, -0.05) is 23.7 Å². The van der Waals surface area contributed by atoms with Gasteiger partial charge >= 0.3 is 0 Å². The Morgan fingerprint density at radius 1 is 1.17 bits per heavy atom. The van der Waals surface area contributed by atoms with Crippen LogP contribution in [0.1, 0.15) is 17.0 Å². The molecule has 0 saturated heterocycles. The monoisotopic (exact) mass is 258 g/mol. The maximum atomic E-state index is 9.01. The average molecular weight is 259 g/mol. The lowest BCUT2D eigenvalue weighted by Crippen LogP contribution is -2.01. The minimum atomic E-state index is 0.297. The van der Waals surface area contributed by atoms with Gasteiger partial charge in [0.05, 0.1) is 22.6 Å². The van der Waals surface area contributed by atoms with Crippen LogP contribution >= 0.6 is 11.6 Å². The number of para-hydroxylation sites is 1. The smallest absolute Gasteiger partial charge is 0.172 e. The molecule has 5 heteroatoms. The van der Waals surface area contributed by atoms with Gasteiger partial charge in [0.25, 0.3) is 0 Å². The Morgan fingerprint density at radius 3 is 2.56 bits per heavy atom. The van der Waals surface area contributed by atoms with Crippen LogP contribution in [0.25, 0.3) is 0 Å². The van der Waals surface area contributed by atoms with E-state index in [0.29, 0.717) is 22.2 Å². The van der Waals surface area contributed by atoms with Crippen molar-refractivity contribution in [2.24, 2.45) is 0 Å². The van der Waals surface area contributed by atoms with Crippen LogP contribution in [0.3, 0.4) is 0 Å². The van der Waals surface area contributed by atoms with Crippen molar-refractivity contribution in [1.29, 1.82) is 5.26 Å². The van der Waals surface area contributed by atoms with Crippen LogP contribution in [0.4, 0.5) is 11.5 Å². The van der Waals surface area contributed by atoms with Crippen molar-refractivity contribution in [2.75, 3.05) is 5.32 Å². The van der Waals surface area contributed by atoms with Crippen LogP contribution in [-0.4, -0.2) is 9.97 Å². The quantitative estimate of drug-likeness (QED) is 0.897. The molecule has 0 saturated carbocycles.